The van der Waals surface area contributed by atoms with E-state index in [1.807, 2.05) is 0 Å². The molecule has 0 aliphatic rings. The molecule has 0 bridgehead atoms. The van der Waals surface area contributed by atoms with E-state index in [1.54, 1.807) is 0 Å². The zero-order chi connectivity index (χ0) is 14.1. The first-order chi connectivity index (χ1) is 10.3. The molecule has 0 saturated carbocycles. The molecule has 0 spiro atoms. The molecule has 0 aliphatic carbocycles. The van der Waals surface area contributed by atoms with E-state index in [2.05, 4.69) is 81.9 Å². The number of fused-ring (bicyclic) bond motifs is 6. The second kappa shape index (κ2) is 3.77. The van der Waals surface area contributed by atoms with E-state index in [-0.39, 0.29) is 0 Å². The van der Waals surface area contributed by atoms with Crippen LogP contribution in [0.15, 0.2) is 59.1 Å². The lowest BCUT2D eigenvalue weighted by molar-refractivity contribution is 1.36. The SMILES string of the molecule is Cc1cccc2c1c1cc(Br)cc3c4ccccc4n2c31. The van der Waals surface area contributed by atoms with E-state index in [4.69, 9.17) is 0 Å². The van der Waals surface area contributed by atoms with Gasteiger partial charge in [0, 0.05) is 26.0 Å². The van der Waals surface area contributed by atoms with Crippen LogP contribution >= 0.6 is 15.9 Å². The monoisotopic (exact) mass is 333 g/mol. The van der Waals surface area contributed by atoms with Crippen molar-refractivity contribution >= 4 is 54.0 Å². The number of nitrogens with zero attached hydrogens (tertiary/aromatic N) is 1. The molecular weight excluding hydrogens is 322 g/mol. The van der Waals surface area contributed by atoms with Crippen molar-refractivity contribution in [2.75, 3.05) is 0 Å². The van der Waals surface area contributed by atoms with Crippen LogP contribution in [-0.2, 0) is 0 Å². The second-order valence-electron chi connectivity index (χ2n) is 5.67. The van der Waals surface area contributed by atoms with Gasteiger partial charge in [-0.2, -0.15) is 0 Å². The molecule has 0 amide bonds. The summed E-state index contributed by atoms with van der Waals surface area (Å²) in [5.41, 5.74) is 5.26. The molecule has 5 aromatic rings. The Morgan fingerprint density at radius 1 is 0.810 bits per heavy atom. The Balaban J connectivity index is 2.30. The molecule has 2 heteroatoms. The fraction of sp³-hybridized carbons (Fsp3) is 0.0526. The summed E-state index contributed by atoms with van der Waals surface area (Å²) in [6.07, 6.45) is 0. The highest BCUT2D eigenvalue weighted by molar-refractivity contribution is 9.10. The summed E-state index contributed by atoms with van der Waals surface area (Å²) in [4.78, 5) is 0. The number of hydrogen-bond donors (Lipinski definition) is 0. The maximum atomic E-state index is 3.68. The van der Waals surface area contributed by atoms with Gasteiger partial charge in [-0.25, -0.2) is 0 Å². The number of aromatic nitrogens is 1. The van der Waals surface area contributed by atoms with Gasteiger partial charge in [0.25, 0.3) is 0 Å². The van der Waals surface area contributed by atoms with E-state index in [0.717, 1.165) is 4.47 Å². The Labute approximate surface area is 130 Å². The van der Waals surface area contributed by atoms with Crippen molar-refractivity contribution in [1.82, 2.24) is 4.40 Å². The smallest absolute Gasteiger partial charge is 0.0621 e. The van der Waals surface area contributed by atoms with Crippen molar-refractivity contribution < 1.29 is 0 Å². The largest absolute Gasteiger partial charge is 0.308 e. The van der Waals surface area contributed by atoms with E-state index in [9.17, 15) is 0 Å². The van der Waals surface area contributed by atoms with Crippen molar-refractivity contribution in [3.63, 3.8) is 0 Å². The molecule has 2 heterocycles. The maximum absolute atomic E-state index is 3.68. The van der Waals surface area contributed by atoms with Gasteiger partial charge in [0.15, 0.2) is 0 Å². The van der Waals surface area contributed by atoms with Gasteiger partial charge < -0.3 is 4.40 Å². The topological polar surface area (TPSA) is 4.41 Å². The van der Waals surface area contributed by atoms with Crippen molar-refractivity contribution in [2.45, 2.75) is 6.92 Å². The lowest BCUT2D eigenvalue weighted by Gasteiger charge is -2.00. The summed E-state index contributed by atoms with van der Waals surface area (Å²) in [5.74, 6) is 0. The third-order valence-electron chi connectivity index (χ3n) is 4.49. The highest BCUT2D eigenvalue weighted by Crippen LogP contribution is 2.41. The van der Waals surface area contributed by atoms with Gasteiger partial charge in [0.1, 0.15) is 0 Å². The number of hydrogen-bond acceptors (Lipinski definition) is 0. The molecule has 0 fully saturated rings. The maximum Gasteiger partial charge on any atom is 0.0621 e. The third-order valence-corrected chi connectivity index (χ3v) is 4.95. The van der Waals surface area contributed by atoms with Crippen LogP contribution in [0.25, 0.3) is 38.1 Å². The minimum absolute atomic E-state index is 1.14. The molecule has 0 unspecified atom stereocenters. The van der Waals surface area contributed by atoms with Crippen LogP contribution in [0.3, 0.4) is 0 Å². The van der Waals surface area contributed by atoms with Crippen molar-refractivity contribution in [2.24, 2.45) is 0 Å². The van der Waals surface area contributed by atoms with Gasteiger partial charge >= 0.3 is 0 Å². The average Bonchev–Trinajstić information content (AvgIpc) is 2.98. The van der Waals surface area contributed by atoms with Crippen molar-refractivity contribution in [1.29, 1.82) is 0 Å². The standard InChI is InChI=1S/C19H12BrN/c1-11-5-4-8-17-18(11)15-10-12(20)9-14-13-6-2-3-7-16(13)21(17)19(14)15/h2-10H,1H3. The molecule has 3 aromatic carbocycles. The zero-order valence-electron chi connectivity index (χ0n) is 11.5. The molecule has 21 heavy (non-hydrogen) atoms. The Morgan fingerprint density at radius 2 is 1.57 bits per heavy atom. The summed E-state index contributed by atoms with van der Waals surface area (Å²) in [6.45, 7) is 2.19. The lowest BCUT2D eigenvalue weighted by atomic mass is 10.1. The minimum atomic E-state index is 1.14. The zero-order valence-corrected chi connectivity index (χ0v) is 13.1. The van der Waals surface area contributed by atoms with Crippen LogP contribution < -0.4 is 0 Å². The van der Waals surface area contributed by atoms with Crippen LogP contribution in [0, 0.1) is 6.92 Å². The van der Waals surface area contributed by atoms with Crippen LogP contribution in [-0.4, -0.2) is 4.40 Å². The Hall–Kier alpha value is -2.06. The molecule has 2 aromatic heterocycles. The first kappa shape index (κ1) is 11.6. The highest BCUT2D eigenvalue weighted by Gasteiger charge is 2.18. The van der Waals surface area contributed by atoms with Gasteiger partial charge in [0.05, 0.1) is 16.6 Å². The predicted octanol–water partition coefficient (Wildman–Crippen LogP) is 5.91. The number of halogens is 1. The third kappa shape index (κ3) is 1.31. The molecule has 0 radical (unpaired) electrons. The fourth-order valence-corrected chi connectivity index (χ4v) is 4.15. The highest BCUT2D eigenvalue weighted by atomic mass is 79.9. The Morgan fingerprint density at radius 3 is 2.48 bits per heavy atom. The number of para-hydroxylation sites is 1. The molecule has 100 valence electrons. The van der Waals surface area contributed by atoms with E-state index in [1.165, 1.54) is 43.7 Å². The van der Waals surface area contributed by atoms with Gasteiger partial charge in [-0.3, -0.25) is 0 Å². The van der Waals surface area contributed by atoms with E-state index in [0.29, 0.717) is 0 Å². The molecule has 5 rings (SSSR count). The summed E-state index contributed by atoms with van der Waals surface area (Å²) in [7, 11) is 0. The van der Waals surface area contributed by atoms with Crippen LogP contribution in [0.1, 0.15) is 5.56 Å². The Kier molecular flexibility index (Phi) is 2.08. The molecular formula is C19H12BrN. The van der Waals surface area contributed by atoms with Crippen LogP contribution in [0.5, 0.6) is 0 Å². The number of aryl methyl sites for hydroxylation is 1. The summed E-state index contributed by atoms with van der Waals surface area (Å²) < 4.78 is 3.55. The fourth-order valence-electron chi connectivity index (χ4n) is 3.69. The first-order valence-electron chi connectivity index (χ1n) is 7.09. The normalized spacial score (nSPS) is 12.3. The summed E-state index contributed by atoms with van der Waals surface area (Å²) in [6, 6.07) is 19.7. The minimum Gasteiger partial charge on any atom is -0.308 e. The Bertz CT molecular complexity index is 1150. The lowest BCUT2D eigenvalue weighted by Crippen LogP contribution is -1.80. The quantitative estimate of drug-likeness (QED) is 0.332. The molecule has 0 saturated heterocycles. The molecule has 0 aliphatic heterocycles. The molecule has 0 atom stereocenters. The van der Waals surface area contributed by atoms with Gasteiger partial charge in [-0.05, 0) is 36.8 Å². The van der Waals surface area contributed by atoms with Crippen LogP contribution in [0.4, 0.5) is 0 Å². The number of rotatable bonds is 0. The second-order valence-corrected chi connectivity index (χ2v) is 6.59. The van der Waals surface area contributed by atoms with Crippen LogP contribution in [0.2, 0.25) is 0 Å². The van der Waals surface area contributed by atoms with E-state index >= 15 is 0 Å². The summed E-state index contributed by atoms with van der Waals surface area (Å²) >= 11 is 3.68. The van der Waals surface area contributed by atoms with Gasteiger partial charge in [-0.15, -0.1) is 0 Å². The molecule has 0 N–H and O–H groups in total. The predicted molar refractivity (Wildman–Crippen MR) is 93.5 cm³/mol. The van der Waals surface area contributed by atoms with Crippen molar-refractivity contribution in [3.05, 3.63) is 64.6 Å². The van der Waals surface area contributed by atoms with Crippen molar-refractivity contribution in [3.8, 4) is 0 Å². The summed E-state index contributed by atoms with van der Waals surface area (Å²) in [5, 5.41) is 5.35. The average molecular weight is 334 g/mol. The molecule has 1 nitrogen and oxygen atoms in total. The van der Waals surface area contributed by atoms with E-state index < -0.39 is 0 Å². The van der Waals surface area contributed by atoms with Gasteiger partial charge in [-0.1, -0.05) is 46.3 Å². The number of benzene rings is 3. The first-order valence-corrected chi connectivity index (χ1v) is 7.88. The van der Waals surface area contributed by atoms with Gasteiger partial charge in [0.2, 0.25) is 0 Å².